The fourth-order valence-electron chi connectivity index (χ4n) is 2.40. The SMILES string of the molecule is Cc1ccc(C)c(OCC(=O)Nc2nc(C)c(-c3nccn3C)s2)c1. The van der Waals surface area contributed by atoms with Gasteiger partial charge >= 0.3 is 0 Å². The summed E-state index contributed by atoms with van der Waals surface area (Å²) in [7, 11) is 1.93. The average molecular weight is 356 g/mol. The van der Waals surface area contributed by atoms with E-state index >= 15 is 0 Å². The van der Waals surface area contributed by atoms with Gasteiger partial charge in [0.25, 0.3) is 5.91 Å². The fourth-order valence-corrected chi connectivity index (χ4v) is 3.43. The molecule has 0 atom stereocenters. The molecule has 2 aromatic heterocycles. The van der Waals surface area contributed by atoms with Crippen LogP contribution in [0.2, 0.25) is 0 Å². The number of aromatic nitrogens is 3. The molecule has 0 aliphatic carbocycles. The molecule has 0 spiro atoms. The van der Waals surface area contributed by atoms with Crippen molar-refractivity contribution in [2.45, 2.75) is 20.8 Å². The molecule has 0 radical (unpaired) electrons. The van der Waals surface area contributed by atoms with Crippen molar-refractivity contribution >= 4 is 22.4 Å². The minimum atomic E-state index is -0.235. The van der Waals surface area contributed by atoms with Crippen LogP contribution in [0.3, 0.4) is 0 Å². The van der Waals surface area contributed by atoms with Gasteiger partial charge in [-0.15, -0.1) is 0 Å². The minimum Gasteiger partial charge on any atom is -0.483 e. The van der Waals surface area contributed by atoms with E-state index in [1.54, 1.807) is 6.20 Å². The molecule has 0 bridgehead atoms. The molecule has 1 N–H and O–H groups in total. The van der Waals surface area contributed by atoms with Crippen LogP contribution in [0.1, 0.15) is 16.8 Å². The predicted molar refractivity (Wildman–Crippen MR) is 99.1 cm³/mol. The van der Waals surface area contributed by atoms with Crippen LogP contribution in [0.15, 0.2) is 30.6 Å². The molecule has 0 aliphatic heterocycles. The van der Waals surface area contributed by atoms with Gasteiger partial charge in [-0.25, -0.2) is 9.97 Å². The van der Waals surface area contributed by atoms with Gasteiger partial charge in [0.15, 0.2) is 17.6 Å². The van der Waals surface area contributed by atoms with Gasteiger partial charge in [-0.3, -0.25) is 10.1 Å². The van der Waals surface area contributed by atoms with Gasteiger partial charge in [-0.1, -0.05) is 23.5 Å². The Kier molecular flexibility index (Phi) is 4.85. The smallest absolute Gasteiger partial charge is 0.264 e. The molecule has 2 heterocycles. The molecule has 3 rings (SSSR count). The molecule has 1 amide bonds. The highest BCUT2D eigenvalue weighted by molar-refractivity contribution is 7.19. The third kappa shape index (κ3) is 3.88. The zero-order valence-corrected chi connectivity index (χ0v) is 15.5. The largest absolute Gasteiger partial charge is 0.483 e. The standard InChI is InChI=1S/C18H20N4O2S/c1-11-5-6-12(2)14(9-11)24-10-15(23)21-18-20-13(3)16(25-18)17-19-7-8-22(17)4/h5-9H,10H2,1-4H3,(H,20,21,23). The average Bonchev–Trinajstić information content (AvgIpc) is 3.13. The van der Waals surface area contributed by atoms with Gasteiger partial charge in [0.2, 0.25) is 0 Å². The van der Waals surface area contributed by atoms with E-state index in [1.165, 1.54) is 11.3 Å². The van der Waals surface area contributed by atoms with Crippen LogP contribution in [-0.4, -0.2) is 27.0 Å². The van der Waals surface area contributed by atoms with E-state index < -0.39 is 0 Å². The third-order valence-electron chi connectivity index (χ3n) is 3.77. The first-order valence-corrected chi connectivity index (χ1v) is 8.70. The fraction of sp³-hybridized carbons (Fsp3) is 0.278. The number of hydrogen-bond donors (Lipinski definition) is 1. The van der Waals surface area contributed by atoms with Crippen LogP contribution >= 0.6 is 11.3 Å². The second kappa shape index (κ2) is 7.06. The van der Waals surface area contributed by atoms with Crippen molar-refractivity contribution in [2.24, 2.45) is 7.05 Å². The summed E-state index contributed by atoms with van der Waals surface area (Å²) in [4.78, 5) is 21.8. The summed E-state index contributed by atoms with van der Waals surface area (Å²) in [5.41, 5.74) is 2.93. The molecule has 6 nitrogen and oxygen atoms in total. The summed E-state index contributed by atoms with van der Waals surface area (Å²) in [5, 5.41) is 3.34. The summed E-state index contributed by atoms with van der Waals surface area (Å²) in [6, 6.07) is 5.92. The number of amides is 1. The third-order valence-corrected chi connectivity index (χ3v) is 4.84. The molecule has 3 aromatic rings. The van der Waals surface area contributed by atoms with Gasteiger partial charge in [-0.05, 0) is 38.0 Å². The van der Waals surface area contributed by atoms with Crippen molar-refractivity contribution < 1.29 is 9.53 Å². The summed E-state index contributed by atoms with van der Waals surface area (Å²) in [6.45, 7) is 5.79. The highest BCUT2D eigenvalue weighted by Crippen LogP contribution is 2.31. The predicted octanol–water partition coefficient (Wildman–Crippen LogP) is 3.49. The van der Waals surface area contributed by atoms with E-state index in [1.807, 2.05) is 56.8 Å². The van der Waals surface area contributed by atoms with E-state index in [2.05, 4.69) is 15.3 Å². The minimum absolute atomic E-state index is 0.0549. The van der Waals surface area contributed by atoms with Crippen LogP contribution < -0.4 is 10.1 Å². The Hall–Kier alpha value is -2.67. The Morgan fingerprint density at radius 3 is 2.84 bits per heavy atom. The lowest BCUT2D eigenvalue weighted by atomic mass is 10.1. The molecule has 25 heavy (non-hydrogen) atoms. The van der Waals surface area contributed by atoms with Crippen LogP contribution in [0.4, 0.5) is 5.13 Å². The summed E-state index contributed by atoms with van der Waals surface area (Å²) in [5.74, 6) is 1.32. The topological polar surface area (TPSA) is 69.0 Å². The van der Waals surface area contributed by atoms with Crippen molar-refractivity contribution in [2.75, 3.05) is 11.9 Å². The number of rotatable bonds is 5. The Balaban J connectivity index is 1.66. The van der Waals surface area contributed by atoms with E-state index in [0.29, 0.717) is 5.13 Å². The van der Waals surface area contributed by atoms with Crippen molar-refractivity contribution in [3.63, 3.8) is 0 Å². The second-order valence-corrected chi connectivity index (χ2v) is 6.90. The number of anilines is 1. The Morgan fingerprint density at radius 2 is 2.12 bits per heavy atom. The van der Waals surface area contributed by atoms with Crippen LogP contribution in [0.5, 0.6) is 5.75 Å². The van der Waals surface area contributed by atoms with Crippen LogP contribution in [0.25, 0.3) is 10.7 Å². The monoisotopic (exact) mass is 356 g/mol. The van der Waals surface area contributed by atoms with Gasteiger partial charge in [0, 0.05) is 19.4 Å². The van der Waals surface area contributed by atoms with Crippen molar-refractivity contribution in [1.82, 2.24) is 14.5 Å². The van der Waals surface area contributed by atoms with E-state index in [0.717, 1.165) is 33.3 Å². The van der Waals surface area contributed by atoms with Gasteiger partial charge in [0.1, 0.15) is 5.75 Å². The number of aryl methyl sites for hydroxylation is 4. The molecule has 130 valence electrons. The molecular weight excluding hydrogens is 336 g/mol. The number of imidazole rings is 1. The quantitative estimate of drug-likeness (QED) is 0.760. The molecule has 0 saturated carbocycles. The van der Waals surface area contributed by atoms with Gasteiger partial charge in [-0.2, -0.15) is 0 Å². The normalized spacial score (nSPS) is 10.7. The zero-order chi connectivity index (χ0) is 18.0. The molecule has 0 aliphatic rings. The molecule has 0 saturated heterocycles. The number of thiazole rings is 1. The summed E-state index contributed by atoms with van der Waals surface area (Å²) >= 11 is 1.41. The number of nitrogens with one attached hydrogen (secondary N) is 1. The highest BCUT2D eigenvalue weighted by atomic mass is 32.1. The first-order valence-electron chi connectivity index (χ1n) is 7.89. The highest BCUT2D eigenvalue weighted by Gasteiger charge is 2.15. The second-order valence-electron chi connectivity index (χ2n) is 5.90. The molecule has 7 heteroatoms. The summed E-state index contributed by atoms with van der Waals surface area (Å²) < 4.78 is 7.55. The van der Waals surface area contributed by atoms with E-state index in [9.17, 15) is 4.79 Å². The lowest BCUT2D eigenvalue weighted by Crippen LogP contribution is -2.20. The number of carbonyl (C=O) groups is 1. The van der Waals surface area contributed by atoms with Crippen LogP contribution in [-0.2, 0) is 11.8 Å². The number of benzene rings is 1. The molecule has 1 aromatic carbocycles. The lowest BCUT2D eigenvalue weighted by molar-refractivity contribution is -0.118. The Labute approximate surface area is 150 Å². The number of nitrogens with zero attached hydrogens (tertiary/aromatic N) is 3. The zero-order valence-electron chi connectivity index (χ0n) is 14.7. The molecule has 0 fully saturated rings. The van der Waals surface area contributed by atoms with E-state index in [-0.39, 0.29) is 12.5 Å². The summed E-state index contributed by atoms with van der Waals surface area (Å²) in [6.07, 6.45) is 3.62. The van der Waals surface area contributed by atoms with Crippen LogP contribution in [0, 0.1) is 20.8 Å². The first kappa shape index (κ1) is 17.2. The number of ether oxygens (including phenoxy) is 1. The van der Waals surface area contributed by atoms with Crippen molar-refractivity contribution in [3.05, 3.63) is 47.4 Å². The number of carbonyl (C=O) groups excluding carboxylic acids is 1. The lowest BCUT2D eigenvalue weighted by Gasteiger charge is -2.09. The van der Waals surface area contributed by atoms with Crippen molar-refractivity contribution in [1.29, 1.82) is 0 Å². The maximum atomic E-state index is 12.2. The Morgan fingerprint density at radius 1 is 1.32 bits per heavy atom. The number of hydrogen-bond acceptors (Lipinski definition) is 5. The van der Waals surface area contributed by atoms with Crippen molar-refractivity contribution in [3.8, 4) is 16.5 Å². The first-order chi connectivity index (χ1) is 11.9. The Bertz CT molecular complexity index is 914. The van der Waals surface area contributed by atoms with Gasteiger partial charge in [0.05, 0.1) is 10.6 Å². The maximum absolute atomic E-state index is 12.2. The van der Waals surface area contributed by atoms with Gasteiger partial charge < -0.3 is 9.30 Å². The maximum Gasteiger partial charge on any atom is 0.264 e. The molecular formula is C18H20N4O2S. The van der Waals surface area contributed by atoms with E-state index in [4.69, 9.17) is 4.74 Å². The molecule has 0 unspecified atom stereocenters.